The highest BCUT2D eigenvalue weighted by atomic mass is 16.4. The molecule has 5 heteroatoms. The molecule has 0 rings (SSSR count). The van der Waals surface area contributed by atoms with E-state index in [-0.39, 0.29) is 0 Å². The minimum atomic E-state index is -1.11. The summed E-state index contributed by atoms with van der Waals surface area (Å²) in [6.45, 7) is -0.414. The molecule has 0 atom stereocenters. The highest BCUT2D eigenvalue weighted by Crippen LogP contribution is 1.79. The molecular weight excluding hydrogens is 124 g/mol. The molecule has 0 bridgehead atoms. The molecule has 51 valence electrons. The summed E-state index contributed by atoms with van der Waals surface area (Å²) in [6, 6.07) is -0.989. The van der Waals surface area contributed by atoms with Crippen LogP contribution in [-0.2, 0) is 4.79 Å². The average Bonchev–Trinajstić information content (AvgIpc) is 1.63. The van der Waals surface area contributed by atoms with Crippen LogP contribution in [-0.4, -0.2) is 35.6 Å². The Hall–Kier alpha value is -1.26. The van der Waals surface area contributed by atoms with E-state index in [0.29, 0.717) is 0 Å². The third-order valence-electron chi connectivity index (χ3n) is 0.719. The number of hydrogen-bond donors (Lipinski definition) is 1. The van der Waals surface area contributed by atoms with Crippen molar-refractivity contribution in [3.8, 4) is 0 Å². The second kappa shape index (κ2) is 2.91. The summed E-state index contributed by atoms with van der Waals surface area (Å²) in [5.74, 6) is -1.11. The monoisotopic (exact) mass is 131 g/mol. The Kier molecular flexibility index (Phi) is 2.50. The Balaban J connectivity index is 3.63. The summed E-state index contributed by atoms with van der Waals surface area (Å²) in [4.78, 5) is 20.6. The van der Waals surface area contributed by atoms with Gasteiger partial charge in [0.15, 0.2) is 0 Å². The number of urea groups is 1. The van der Waals surface area contributed by atoms with Crippen molar-refractivity contribution in [3.63, 3.8) is 0 Å². The number of aliphatic carboxylic acids is 1. The Labute approximate surface area is 52.1 Å². The first-order valence-corrected chi connectivity index (χ1v) is 2.22. The third-order valence-corrected chi connectivity index (χ3v) is 0.719. The topological polar surface area (TPSA) is 81.4 Å². The molecule has 0 aromatic rings. The molecule has 0 saturated carbocycles. The van der Waals surface area contributed by atoms with Crippen LogP contribution >= 0.6 is 0 Å². The lowest BCUT2D eigenvalue weighted by Crippen LogP contribution is -2.31. The van der Waals surface area contributed by atoms with E-state index in [0.717, 1.165) is 4.90 Å². The largest absolute Gasteiger partial charge is 0.480 e. The van der Waals surface area contributed by atoms with Crippen LogP contribution in [0, 0.1) is 0 Å². The molecule has 2 amide bonds. The zero-order valence-corrected chi connectivity index (χ0v) is 4.92. The van der Waals surface area contributed by atoms with Gasteiger partial charge in [-0.25, -0.2) is 10.5 Å². The normalized spacial score (nSPS) is 8.56. The van der Waals surface area contributed by atoms with Gasteiger partial charge in [0, 0.05) is 7.05 Å². The maximum atomic E-state index is 10.0. The van der Waals surface area contributed by atoms with Gasteiger partial charge < -0.3 is 10.0 Å². The van der Waals surface area contributed by atoms with Crippen LogP contribution in [0.25, 0.3) is 0 Å². The lowest BCUT2D eigenvalue weighted by Gasteiger charge is -2.08. The lowest BCUT2D eigenvalue weighted by atomic mass is 10.6. The number of nitrogens with one attached hydrogen (secondary N) is 1. The zero-order chi connectivity index (χ0) is 7.44. The number of carbonyl (C=O) groups is 2. The maximum absolute atomic E-state index is 10.0. The molecule has 0 fully saturated rings. The number of nitrogens with zero attached hydrogens (tertiary/aromatic N) is 1. The van der Waals surface area contributed by atoms with Gasteiger partial charge in [0.25, 0.3) is 0 Å². The number of carboxylic acids is 1. The standard InChI is InChI=1S/C4H7N2O3/c1-6(4(5)9)2-3(7)8/h5H,2H2,1H3,(H,7,8). The van der Waals surface area contributed by atoms with E-state index in [9.17, 15) is 9.59 Å². The number of amides is 2. The molecule has 1 radical (unpaired) electrons. The Bertz CT molecular complexity index is 134. The van der Waals surface area contributed by atoms with E-state index in [1.165, 1.54) is 7.05 Å². The van der Waals surface area contributed by atoms with Crippen LogP contribution in [0.5, 0.6) is 0 Å². The third kappa shape index (κ3) is 3.33. The predicted octanol–water partition coefficient (Wildman–Crippen LogP) is -0.594. The molecule has 0 heterocycles. The molecule has 0 aliphatic heterocycles. The molecule has 5 nitrogen and oxygen atoms in total. The minimum Gasteiger partial charge on any atom is -0.480 e. The molecule has 0 aliphatic rings. The van der Waals surface area contributed by atoms with Gasteiger partial charge in [-0.05, 0) is 0 Å². The highest BCUT2D eigenvalue weighted by molar-refractivity contribution is 5.78. The SMILES string of the molecule is CN(CC(=O)O)C([NH])=O. The van der Waals surface area contributed by atoms with Crippen molar-refractivity contribution < 1.29 is 14.7 Å². The minimum absolute atomic E-state index is 0.414. The molecular formula is C4H7N2O3. The maximum Gasteiger partial charge on any atom is 0.336 e. The van der Waals surface area contributed by atoms with Crippen molar-refractivity contribution in [2.24, 2.45) is 0 Å². The second-order valence-corrected chi connectivity index (χ2v) is 1.55. The van der Waals surface area contributed by atoms with Crippen molar-refractivity contribution in [1.82, 2.24) is 10.6 Å². The van der Waals surface area contributed by atoms with Crippen molar-refractivity contribution in [2.45, 2.75) is 0 Å². The van der Waals surface area contributed by atoms with Gasteiger partial charge >= 0.3 is 12.0 Å². The van der Waals surface area contributed by atoms with Gasteiger partial charge in [-0.2, -0.15) is 0 Å². The number of carbonyl (C=O) groups excluding carboxylic acids is 1. The summed E-state index contributed by atoms with van der Waals surface area (Å²) >= 11 is 0. The van der Waals surface area contributed by atoms with Gasteiger partial charge in [-0.15, -0.1) is 0 Å². The smallest absolute Gasteiger partial charge is 0.336 e. The molecule has 0 saturated heterocycles. The molecule has 2 N–H and O–H groups in total. The molecule has 0 aromatic carbocycles. The molecule has 0 aliphatic carbocycles. The summed E-state index contributed by atoms with van der Waals surface area (Å²) in [6.07, 6.45) is 0. The van der Waals surface area contributed by atoms with Gasteiger partial charge in [0.1, 0.15) is 6.54 Å². The van der Waals surface area contributed by atoms with E-state index < -0.39 is 18.5 Å². The van der Waals surface area contributed by atoms with E-state index >= 15 is 0 Å². The van der Waals surface area contributed by atoms with E-state index in [1.54, 1.807) is 0 Å². The van der Waals surface area contributed by atoms with E-state index in [4.69, 9.17) is 10.8 Å². The fourth-order valence-corrected chi connectivity index (χ4v) is 0.275. The number of carboxylic acid groups (broad SMARTS) is 1. The van der Waals surface area contributed by atoms with Gasteiger partial charge in [-0.3, -0.25) is 4.79 Å². The van der Waals surface area contributed by atoms with Crippen LogP contribution in [0.4, 0.5) is 4.79 Å². The van der Waals surface area contributed by atoms with Gasteiger partial charge in [-0.1, -0.05) is 0 Å². The first-order valence-electron chi connectivity index (χ1n) is 2.22. The van der Waals surface area contributed by atoms with Crippen LogP contribution in [0.3, 0.4) is 0 Å². The molecule has 0 unspecified atom stereocenters. The number of likely N-dealkylation sites (N-methyl/N-ethyl adjacent to an activating group) is 1. The van der Waals surface area contributed by atoms with E-state index in [1.807, 2.05) is 0 Å². The Morgan fingerprint density at radius 2 is 2.11 bits per heavy atom. The Morgan fingerprint density at radius 1 is 1.67 bits per heavy atom. The number of hydrogen-bond acceptors (Lipinski definition) is 2. The lowest BCUT2D eigenvalue weighted by molar-refractivity contribution is -0.137. The highest BCUT2D eigenvalue weighted by Gasteiger charge is 2.06. The molecule has 0 spiro atoms. The Morgan fingerprint density at radius 3 is 2.22 bits per heavy atom. The molecule has 9 heavy (non-hydrogen) atoms. The fourth-order valence-electron chi connectivity index (χ4n) is 0.275. The number of rotatable bonds is 2. The fraction of sp³-hybridized carbons (Fsp3) is 0.500. The molecule has 0 aromatic heterocycles. The van der Waals surface area contributed by atoms with E-state index in [2.05, 4.69) is 0 Å². The van der Waals surface area contributed by atoms with Crippen LogP contribution in [0.1, 0.15) is 0 Å². The second-order valence-electron chi connectivity index (χ2n) is 1.55. The quantitative estimate of drug-likeness (QED) is 0.543. The van der Waals surface area contributed by atoms with Crippen molar-refractivity contribution in [1.29, 1.82) is 0 Å². The van der Waals surface area contributed by atoms with Crippen molar-refractivity contribution in [2.75, 3.05) is 13.6 Å². The first kappa shape index (κ1) is 7.74. The van der Waals surface area contributed by atoms with Crippen LogP contribution < -0.4 is 5.73 Å². The summed E-state index contributed by atoms with van der Waals surface area (Å²) in [7, 11) is 1.25. The summed E-state index contributed by atoms with van der Waals surface area (Å²) in [5, 5.41) is 8.06. The average molecular weight is 131 g/mol. The summed E-state index contributed by atoms with van der Waals surface area (Å²) < 4.78 is 0. The van der Waals surface area contributed by atoms with Gasteiger partial charge in [0.2, 0.25) is 0 Å². The van der Waals surface area contributed by atoms with Crippen LogP contribution in [0.15, 0.2) is 0 Å². The zero-order valence-electron chi connectivity index (χ0n) is 4.92. The van der Waals surface area contributed by atoms with Gasteiger partial charge in [0.05, 0.1) is 0 Å². The van der Waals surface area contributed by atoms with Crippen molar-refractivity contribution >= 4 is 12.0 Å². The summed E-state index contributed by atoms with van der Waals surface area (Å²) in [5.41, 5.74) is 6.40. The van der Waals surface area contributed by atoms with Crippen molar-refractivity contribution in [3.05, 3.63) is 0 Å². The first-order chi connectivity index (χ1) is 4.04. The van der Waals surface area contributed by atoms with Crippen LogP contribution in [0.2, 0.25) is 0 Å². The predicted molar refractivity (Wildman–Crippen MR) is 28.8 cm³/mol.